The van der Waals surface area contributed by atoms with Gasteiger partial charge in [-0.25, -0.2) is 4.39 Å². The van der Waals surface area contributed by atoms with E-state index in [0.29, 0.717) is 4.47 Å². The summed E-state index contributed by atoms with van der Waals surface area (Å²) in [6.45, 7) is 0. The topological polar surface area (TPSA) is 49.7 Å². The highest BCUT2D eigenvalue weighted by Gasteiger charge is 2.20. The molecule has 0 saturated carbocycles. The van der Waals surface area contributed by atoms with Crippen molar-refractivity contribution in [2.24, 2.45) is 5.09 Å². The van der Waals surface area contributed by atoms with Gasteiger partial charge >= 0.3 is 7.05 Å². The minimum Gasteiger partial charge on any atom is -0.425 e. The zero-order valence-electron chi connectivity index (χ0n) is 5.87. The van der Waals surface area contributed by atoms with Crippen molar-refractivity contribution < 1.29 is 9.41 Å². The van der Waals surface area contributed by atoms with Gasteiger partial charge in [-0.3, -0.25) is 0 Å². The molecule has 0 atom stereocenters. The quantitative estimate of drug-likeness (QED) is 0.611. The second-order valence-electron chi connectivity index (χ2n) is 2.14. The molecule has 0 fully saturated rings. The van der Waals surface area contributed by atoms with Crippen LogP contribution in [-0.2, 0) is 0 Å². The van der Waals surface area contributed by atoms with Crippen LogP contribution in [0.1, 0.15) is 0 Å². The van der Waals surface area contributed by atoms with Gasteiger partial charge in [-0.2, -0.15) is 4.91 Å². The Bertz CT molecular complexity index is 310. The van der Waals surface area contributed by atoms with Crippen molar-refractivity contribution in [3.8, 4) is 0 Å². The van der Waals surface area contributed by atoms with Gasteiger partial charge in [0.2, 0.25) is 0 Å². The van der Waals surface area contributed by atoms with E-state index in [1.807, 2.05) is 0 Å². The third-order valence-corrected chi connectivity index (χ3v) is 1.83. The van der Waals surface area contributed by atoms with Crippen LogP contribution in [0.3, 0.4) is 0 Å². The molecule has 0 saturated heterocycles. The number of hydrogen-bond acceptors (Lipinski definition) is 3. The van der Waals surface area contributed by atoms with Crippen LogP contribution in [0.15, 0.2) is 27.8 Å². The van der Waals surface area contributed by atoms with Crippen molar-refractivity contribution in [3.05, 3.63) is 33.4 Å². The second-order valence-corrected chi connectivity index (χ2v) is 3.06. The van der Waals surface area contributed by atoms with Crippen molar-refractivity contribution in [1.29, 1.82) is 0 Å². The monoisotopic (exact) mass is 231 g/mol. The van der Waals surface area contributed by atoms with Gasteiger partial charge < -0.3 is 5.02 Å². The standard InChI is InChI=1S/C6H4BBrFNO2/c8-4-1-2-5(6(9)3-4)7(11)10-12/h1-3,11H. The van der Waals surface area contributed by atoms with E-state index in [-0.39, 0.29) is 5.46 Å². The number of hydrogen-bond donors (Lipinski definition) is 1. The fourth-order valence-corrected chi connectivity index (χ4v) is 1.10. The summed E-state index contributed by atoms with van der Waals surface area (Å²) in [6, 6.07) is 3.97. The smallest absolute Gasteiger partial charge is 0.425 e. The summed E-state index contributed by atoms with van der Waals surface area (Å²) in [5, 5.41) is 11.2. The lowest BCUT2D eigenvalue weighted by molar-refractivity contribution is 0.578. The number of nitroso groups, excluding NO2 is 1. The Kier molecular flexibility index (Phi) is 2.94. The summed E-state index contributed by atoms with van der Waals surface area (Å²) < 4.78 is 13.4. The van der Waals surface area contributed by atoms with Crippen LogP contribution >= 0.6 is 15.9 Å². The molecule has 6 heteroatoms. The first-order valence-electron chi connectivity index (χ1n) is 3.10. The molecule has 0 amide bonds. The molecular weight excluding hydrogens is 228 g/mol. The molecule has 62 valence electrons. The fraction of sp³-hybridized carbons (Fsp3) is 0. The summed E-state index contributed by atoms with van der Waals surface area (Å²) in [4.78, 5) is 9.86. The van der Waals surface area contributed by atoms with Crippen LogP contribution in [0.25, 0.3) is 0 Å². The summed E-state index contributed by atoms with van der Waals surface area (Å²) in [7, 11) is -1.63. The molecule has 1 aromatic carbocycles. The lowest BCUT2D eigenvalue weighted by Crippen LogP contribution is -2.30. The Morgan fingerprint density at radius 1 is 1.58 bits per heavy atom. The zero-order chi connectivity index (χ0) is 9.14. The van der Waals surface area contributed by atoms with Crippen molar-refractivity contribution >= 4 is 28.4 Å². The Morgan fingerprint density at radius 3 is 2.75 bits per heavy atom. The van der Waals surface area contributed by atoms with Gasteiger partial charge in [0.1, 0.15) is 5.82 Å². The summed E-state index contributed by atoms with van der Waals surface area (Å²) in [5.41, 5.74) is -0.117. The number of benzene rings is 1. The Labute approximate surface area is 76.8 Å². The highest BCUT2D eigenvalue weighted by molar-refractivity contribution is 9.10. The van der Waals surface area contributed by atoms with Crippen molar-refractivity contribution in [1.82, 2.24) is 0 Å². The molecule has 0 aliphatic carbocycles. The van der Waals surface area contributed by atoms with E-state index in [9.17, 15) is 9.30 Å². The van der Waals surface area contributed by atoms with Crippen LogP contribution in [0, 0.1) is 10.7 Å². The summed E-state index contributed by atoms with van der Waals surface area (Å²) in [5.74, 6) is -0.656. The summed E-state index contributed by atoms with van der Waals surface area (Å²) in [6.07, 6.45) is 0. The second kappa shape index (κ2) is 3.77. The van der Waals surface area contributed by atoms with E-state index in [1.165, 1.54) is 12.1 Å². The Hall–Kier alpha value is -0.745. The number of nitrogens with zero attached hydrogens (tertiary/aromatic N) is 1. The number of rotatable bonds is 2. The van der Waals surface area contributed by atoms with Gasteiger partial charge in [-0.05, 0) is 12.1 Å². The predicted octanol–water partition coefficient (Wildman–Crippen LogP) is 1.04. The van der Waals surface area contributed by atoms with Gasteiger partial charge in [0.05, 0.1) is 0 Å². The van der Waals surface area contributed by atoms with Crippen LogP contribution in [-0.4, -0.2) is 12.1 Å². The van der Waals surface area contributed by atoms with Crippen LogP contribution in [0.4, 0.5) is 4.39 Å². The van der Waals surface area contributed by atoms with Crippen molar-refractivity contribution in [2.75, 3.05) is 0 Å². The normalized spacial score (nSPS) is 9.58. The molecule has 0 aromatic heterocycles. The van der Waals surface area contributed by atoms with Crippen LogP contribution in [0.5, 0.6) is 0 Å². The molecule has 0 spiro atoms. The molecule has 1 aromatic rings. The average molecular weight is 232 g/mol. The highest BCUT2D eigenvalue weighted by atomic mass is 79.9. The predicted molar refractivity (Wildman–Crippen MR) is 47.5 cm³/mol. The van der Waals surface area contributed by atoms with E-state index >= 15 is 0 Å². The third-order valence-electron chi connectivity index (χ3n) is 1.34. The molecular formula is C6H4BBrFNO2. The lowest BCUT2D eigenvalue weighted by Gasteiger charge is -1.99. The molecule has 0 radical (unpaired) electrons. The molecule has 0 bridgehead atoms. The maximum absolute atomic E-state index is 12.9. The Morgan fingerprint density at radius 2 is 2.25 bits per heavy atom. The lowest BCUT2D eigenvalue weighted by atomic mass is 9.75. The zero-order valence-corrected chi connectivity index (χ0v) is 7.45. The van der Waals surface area contributed by atoms with Crippen molar-refractivity contribution in [3.63, 3.8) is 0 Å². The van der Waals surface area contributed by atoms with Gasteiger partial charge in [0.25, 0.3) is 0 Å². The van der Waals surface area contributed by atoms with E-state index in [0.717, 1.165) is 6.07 Å². The first-order chi connectivity index (χ1) is 5.65. The average Bonchev–Trinajstić information content (AvgIpc) is 2.03. The Balaban J connectivity index is 3.09. The van der Waals surface area contributed by atoms with Gasteiger partial charge in [0, 0.05) is 9.94 Å². The highest BCUT2D eigenvalue weighted by Crippen LogP contribution is 2.09. The molecule has 1 N–H and O–H groups in total. The van der Waals surface area contributed by atoms with Gasteiger partial charge in [-0.15, -0.1) is 0 Å². The SMILES string of the molecule is O=NB(O)c1ccc(Br)cc1F. The molecule has 3 nitrogen and oxygen atoms in total. The molecule has 0 unspecified atom stereocenters. The van der Waals surface area contributed by atoms with Crippen LogP contribution in [0.2, 0.25) is 0 Å². The molecule has 0 heterocycles. The maximum Gasteiger partial charge on any atom is 0.520 e. The van der Waals surface area contributed by atoms with Crippen LogP contribution < -0.4 is 5.46 Å². The van der Waals surface area contributed by atoms with E-state index in [4.69, 9.17) is 5.02 Å². The van der Waals surface area contributed by atoms with E-state index < -0.39 is 12.9 Å². The van der Waals surface area contributed by atoms with Crippen molar-refractivity contribution in [2.45, 2.75) is 0 Å². The molecule has 0 aliphatic heterocycles. The van der Waals surface area contributed by atoms with E-state index in [1.54, 1.807) is 0 Å². The first-order valence-corrected chi connectivity index (χ1v) is 3.90. The molecule has 1 rings (SSSR count). The maximum atomic E-state index is 12.9. The third kappa shape index (κ3) is 1.89. The largest absolute Gasteiger partial charge is 0.520 e. The molecule has 12 heavy (non-hydrogen) atoms. The molecule has 0 aliphatic rings. The van der Waals surface area contributed by atoms with Gasteiger partial charge in [0.15, 0.2) is 0 Å². The van der Waals surface area contributed by atoms with E-state index in [2.05, 4.69) is 21.0 Å². The minimum absolute atomic E-state index is 0.117. The first kappa shape index (κ1) is 9.34. The summed E-state index contributed by atoms with van der Waals surface area (Å²) >= 11 is 3.04. The number of halogens is 2. The van der Waals surface area contributed by atoms with Gasteiger partial charge in [-0.1, -0.05) is 27.1 Å². The fourth-order valence-electron chi connectivity index (χ4n) is 0.768. The minimum atomic E-state index is -1.63.